The lowest BCUT2D eigenvalue weighted by molar-refractivity contribution is 0.130. The van der Waals surface area contributed by atoms with Crippen molar-refractivity contribution >= 4 is 22.7 Å². The second kappa shape index (κ2) is 6.85. The molecule has 20 heavy (non-hydrogen) atoms. The Bertz CT molecular complexity index is 495. The van der Waals surface area contributed by atoms with Crippen LogP contribution in [-0.2, 0) is 6.42 Å². The molecule has 3 atom stereocenters. The number of thiophene rings is 2. The van der Waals surface area contributed by atoms with Crippen molar-refractivity contribution < 1.29 is 5.11 Å². The molecule has 2 aromatic heterocycles. The fourth-order valence-electron chi connectivity index (χ4n) is 2.94. The van der Waals surface area contributed by atoms with Gasteiger partial charge in [0, 0.05) is 28.8 Å². The molecular weight excluding hydrogens is 286 g/mol. The van der Waals surface area contributed by atoms with Crippen LogP contribution in [0.15, 0.2) is 35.0 Å². The van der Waals surface area contributed by atoms with Crippen LogP contribution < -0.4 is 5.32 Å². The Kier molecular flexibility index (Phi) is 4.89. The highest BCUT2D eigenvalue weighted by Gasteiger charge is 2.26. The molecule has 1 aliphatic carbocycles. The number of aliphatic hydroxyl groups excluding tert-OH is 1. The summed E-state index contributed by atoms with van der Waals surface area (Å²) in [4.78, 5) is 2.81. The minimum atomic E-state index is -0.103. The smallest absolute Gasteiger partial charge is 0.0580 e. The van der Waals surface area contributed by atoms with E-state index in [0.29, 0.717) is 12.0 Å². The van der Waals surface area contributed by atoms with Gasteiger partial charge in [0.05, 0.1) is 6.10 Å². The van der Waals surface area contributed by atoms with Gasteiger partial charge < -0.3 is 10.4 Å². The van der Waals surface area contributed by atoms with E-state index in [1.807, 2.05) is 22.7 Å². The first-order valence-electron chi connectivity index (χ1n) is 7.30. The van der Waals surface area contributed by atoms with Crippen molar-refractivity contribution in [2.24, 2.45) is 5.92 Å². The first kappa shape index (κ1) is 14.3. The second-order valence-electron chi connectivity index (χ2n) is 5.52. The van der Waals surface area contributed by atoms with Crippen molar-refractivity contribution in [2.45, 2.75) is 37.8 Å². The summed E-state index contributed by atoms with van der Waals surface area (Å²) in [5.41, 5.74) is 0. The third-order valence-corrected chi connectivity index (χ3v) is 6.00. The van der Waals surface area contributed by atoms with Gasteiger partial charge in [0.15, 0.2) is 0 Å². The Balaban J connectivity index is 1.63. The van der Waals surface area contributed by atoms with Crippen molar-refractivity contribution in [3.8, 4) is 0 Å². The zero-order valence-electron chi connectivity index (χ0n) is 11.5. The molecular formula is C16H21NOS2. The fourth-order valence-corrected chi connectivity index (χ4v) is 4.50. The molecule has 0 aliphatic heterocycles. The molecule has 2 nitrogen and oxygen atoms in total. The summed E-state index contributed by atoms with van der Waals surface area (Å²) in [5.74, 6) is 0.431. The zero-order chi connectivity index (χ0) is 13.8. The van der Waals surface area contributed by atoms with Crippen LogP contribution in [0.25, 0.3) is 0 Å². The van der Waals surface area contributed by atoms with E-state index < -0.39 is 0 Å². The lowest BCUT2D eigenvalue weighted by Crippen LogP contribution is -2.31. The van der Waals surface area contributed by atoms with Gasteiger partial charge in [-0.2, -0.15) is 0 Å². The van der Waals surface area contributed by atoms with Crippen molar-refractivity contribution in [3.05, 3.63) is 44.8 Å². The maximum Gasteiger partial charge on any atom is 0.0580 e. The summed E-state index contributed by atoms with van der Waals surface area (Å²) in [6, 6.07) is 9.03. The molecule has 2 aromatic rings. The Morgan fingerprint density at radius 1 is 1.20 bits per heavy atom. The van der Waals surface area contributed by atoms with E-state index in [0.717, 1.165) is 25.8 Å². The Morgan fingerprint density at radius 3 is 2.70 bits per heavy atom. The monoisotopic (exact) mass is 307 g/mol. The molecule has 0 saturated heterocycles. The molecule has 0 aromatic carbocycles. The topological polar surface area (TPSA) is 32.3 Å². The van der Waals surface area contributed by atoms with E-state index >= 15 is 0 Å². The van der Waals surface area contributed by atoms with Crippen LogP contribution in [0.1, 0.15) is 35.1 Å². The average molecular weight is 307 g/mol. The van der Waals surface area contributed by atoms with Crippen LogP contribution in [0.5, 0.6) is 0 Å². The summed E-state index contributed by atoms with van der Waals surface area (Å²) in [6.45, 7) is 0.926. The molecule has 1 aliphatic rings. The number of nitrogens with one attached hydrogen (secondary N) is 1. The number of aliphatic hydroxyl groups is 1. The van der Waals surface area contributed by atoms with Gasteiger partial charge in [0.25, 0.3) is 0 Å². The predicted octanol–water partition coefficient (Wildman–Crippen LogP) is 3.84. The van der Waals surface area contributed by atoms with Crippen LogP contribution in [-0.4, -0.2) is 17.8 Å². The van der Waals surface area contributed by atoms with Crippen LogP contribution >= 0.6 is 22.7 Å². The molecule has 4 heteroatoms. The van der Waals surface area contributed by atoms with E-state index in [-0.39, 0.29) is 6.10 Å². The van der Waals surface area contributed by atoms with Gasteiger partial charge in [-0.15, -0.1) is 22.7 Å². The Hall–Kier alpha value is -0.680. The average Bonchev–Trinajstić information content (AvgIpc) is 3.18. The minimum Gasteiger partial charge on any atom is -0.393 e. The number of hydrogen-bond acceptors (Lipinski definition) is 4. The van der Waals surface area contributed by atoms with Crippen LogP contribution in [0.2, 0.25) is 0 Å². The SMILES string of the molecule is OC1CCCC1CNC(Cc1cccs1)c1cccs1. The Labute approximate surface area is 128 Å². The van der Waals surface area contributed by atoms with Crippen LogP contribution in [0, 0.1) is 5.92 Å². The van der Waals surface area contributed by atoms with Gasteiger partial charge in [0.1, 0.15) is 0 Å². The zero-order valence-corrected chi connectivity index (χ0v) is 13.1. The standard InChI is InChI=1S/C16H21NOS2/c18-15-6-1-4-12(15)11-17-14(16-7-3-9-20-16)10-13-5-2-8-19-13/h2-3,5,7-9,12,14-15,17-18H,1,4,6,10-11H2. The van der Waals surface area contributed by atoms with E-state index in [9.17, 15) is 5.11 Å². The largest absolute Gasteiger partial charge is 0.393 e. The van der Waals surface area contributed by atoms with Gasteiger partial charge in [-0.25, -0.2) is 0 Å². The third kappa shape index (κ3) is 3.50. The van der Waals surface area contributed by atoms with Crippen molar-refractivity contribution in [3.63, 3.8) is 0 Å². The maximum absolute atomic E-state index is 9.95. The third-order valence-electron chi connectivity index (χ3n) is 4.12. The molecule has 2 heterocycles. The molecule has 1 saturated carbocycles. The maximum atomic E-state index is 9.95. The van der Waals surface area contributed by atoms with Crippen LogP contribution in [0.3, 0.4) is 0 Å². The molecule has 108 valence electrons. The summed E-state index contributed by atoms with van der Waals surface area (Å²) < 4.78 is 0. The second-order valence-corrected chi connectivity index (χ2v) is 7.53. The molecule has 1 fully saturated rings. The van der Waals surface area contributed by atoms with Gasteiger partial charge in [-0.1, -0.05) is 18.6 Å². The molecule has 3 rings (SSSR count). The summed E-state index contributed by atoms with van der Waals surface area (Å²) in [5, 5.41) is 17.9. The number of rotatable bonds is 6. The molecule has 0 amide bonds. The van der Waals surface area contributed by atoms with E-state index in [4.69, 9.17) is 0 Å². The fraction of sp³-hybridized carbons (Fsp3) is 0.500. The van der Waals surface area contributed by atoms with Gasteiger partial charge in [0.2, 0.25) is 0 Å². The highest BCUT2D eigenvalue weighted by atomic mass is 32.1. The molecule has 3 unspecified atom stereocenters. The van der Waals surface area contributed by atoms with E-state index in [1.54, 1.807) is 0 Å². The first-order chi connectivity index (χ1) is 9.83. The normalized spacial score (nSPS) is 24.1. The van der Waals surface area contributed by atoms with Gasteiger partial charge >= 0.3 is 0 Å². The highest BCUT2D eigenvalue weighted by Crippen LogP contribution is 2.28. The van der Waals surface area contributed by atoms with Gasteiger partial charge in [-0.3, -0.25) is 0 Å². The quantitative estimate of drug-likeness (QED) is 0.850. The van der Waals surface area contributed by atoms with Gasteiger partial charge in [-0.05, 0) is 41.7 Å². The van der Waals surface area contributed by atoms with E-state index in [1.165, 1.54) is 16.2 Å². The molecule has 0 radical (unpaired) electrons. The summed E-state index contributed by atoms with van der Waals surface area (Å²) in [6.07, 6.45) is 4.24. The highest BCUT2D eigenvalue weighted by molar-refractivity contribution is 7.10. The Morgan fingerprint density at radius 2 is 2.05 bits per heavy atom. The van der Waals surface area contributed by atoms with Crippen molar-refractivity contribution in [1.29, 1.82) is 0 Å². The first-order valence-corrected chi connectivity index (χ1v) is 9.06. The summed E-state index contributed by atoms with van der Waals surface area (Å²) in [7, 11) is 0. The molecule has 2 N–H and O–H groups in total. The van der Waals surface area contributed by atoms with Crippen molar-refractivity contribution in [2.75, 3.05) is 6.54 Å². The van der Waals surface area contributed by atoms with Crippen molar-refractivity contribution in [1.82, 2.24) is 5.32 Å². The molecule has 0 spiro atoms. The lowest BCUT2D eigenvalue weighted by Gasteiger charge is -2.21. The minimum absolute atomic E-state index is 0.103. The number of hydrogen-bond donors (Lipinski definition) is 2. The molecule has 0 bridgehead atoms. The van der Waals surface area contributed by atoms with E-state index in [2.05, 4.69) is 40.3 Å². The summed E-state index contributed by atoms with van der Waals surface area (Å²) >= 11 is 3.64. The predicted molar refractivity (Wildman–Crippen MR) is 86.4 cm³/mol. The van der Waals surface area contributed by atoms with Crippen LogP contribution in [0.4, 0.5) is 0 Å². The lowest BCUT2D eigenvalue weighted by atomic mass is 10.0.